The Hall–Kier alpha value is -2.20. The monoisotopic (exact) mass is 390 g/mol. The van der Waals surface area contributed by atoms with E-state index in [9.17, 15) is 8.42 Å². The number of aromatic nitrogens is 2. The van der Waals surface area contributed by atoms with Gasteiger partial charge < -0.3 is 4.90 Å². The van der Waals surface area contributed by atoms with Crippen LogP contribution in [0.1, 0.15) is 19.3 Å². The molecule has 0 atom stereocenters. The van der Waals surface area contributed by atoms with Gasteiger partial charge in [-0.15, -0.1) is 0 Å². The van der Waals surface area contributed by atoms with Crippen molar-refractivity contribution in [2.24, 2.45) is 4.99 Å². The highest BCUT2D eigenvalue weighted by Gasteiger charge is 2.37. The van der Waals surface area contributed by atoms with Crippen LogP contribution < -0.4 is 0 Å². The van der Waals surface area contributed by atoms with Gasteiger partial charge in [0.2, 0.25) is 5.96 Å². The van der Waals surface area contributed by atoms with Gasteiger partial charge in [0.25, 0.3) is 10.0 Å². The highest BCUT2D eigenvalue weighted by molar-refractivity contribution is 7.90. The lowest BCUT2D eigenvalue weighted by Gasteiger charge is -2.44. The fourth-order valence-electron chi connectivity index (χ4n) is 4.05. The summed E-state index contributed by atoms with van der Waals surface area (Å²) >= 11 is 0. The molecule has 1 aromatic heterocycles. The van der Waals surface area contributed by atoms with Crippen molar-refractivity contribution in [3.63, 3.8) is 0 Å². The number of aliphatic imine (C=N–C) groups is 1. The van der Waals surface area contributed by atoms with E-state index in [-0.39, 0.29) is 10.4 Å². The first kappa shape index (κ1) is 16.9. The van der Waals surface area contributed by atoms with Crippen LogP contribution in [0.4, 0.5) is 0 Å². The molecule has 5 rings (SSSR count). The molecular weight excluding hydrogens is 368 g/mol. The molecule has 0 N–H and O–H groups in total. The summed E-state index contributed by atoms with van der Waals surface area (Å²) in [7, 11) is -3.77. The van der Waals surface area contributed by atoms with E-state index >= 15 is 0 Å². The Morgan fingerprint density at radius 2 is 1.85 bits per heavy atom. The molecule has 27 heavy (non-hydrogen) atoms. The van der Waals surface area contributed by atoms with Gasteiger partial charge in [-0.2, -0.15) is 0 Å². The van der Waals surface area contributed by atoms with Gasteiger partial charge in [-0.3, -0.25) is 9.89 Å². The standard InChI is InChI=1S/C17H22N6O3S/c24-27(25,15-6-2-5-14-16(15)20-26-19-14)23-8-7-18-17(23)22-11-9-21(10-12-22)13-3-1-4-13/h2,5-6,13H,1,3-4,7-12H2. The van der Waals surface area contributed by atoms with Crippen LogP contribution in [0.5, 0.6) is 0 Å². The van der Waals surface area contributed by atoms with Crippen LogP contribution >= 0.6 is 0 Å². The summed E-state index contributed by atoms with van der Waals surface area (Å²) in [5, 5.41) is 7.54. The molecule has 9 nitrogen and oxygen atoms in total. The summed E-state index contributed by atoms with van der Waals surface area (Å²) in [6, 6.07) is 5.61. The number of rotatable bonds is 3. The van der Waals surface area contributed by atoms with Crippen molar-refractivity contribution >= 4 is 27.0 Å². The Kier molecular flexibility index (Phi) is 4.05. The van der Waals surface area contributed by atoms with Crippen molar-refractivity contribution in [2.45, 2.75) is 30.2 Å². The van der Waals surface area contributed by atoms with Crippen LogP contribution in [0.3, 0.4) is 0 Å². The smallest absolute Gasteiger partial charge is 0.269 e. The number of benzene rings is 1. The largest absolute Gasteiger partial charge is 0.339 e. The quantitative estimate of drug-likeness (QED) is 0.763. The molecule has 144 valence electrons. The lowest BCUT2D eigenvalue weighted by Crippen LogP contribution is -2.56. The first-order valence-corrected chi connectivity index (χ1v) is 10.9. The Labute approximate surface area is 157 Å². The maximum Gasteiger partial charge on any atom is 0.269 e. The minimum Gasteiger partial charge on any atom is -0.339 e. The summed E-state index contributed by atoms with van der Waals surface area (Å²) in [4.78, 5) is 9.25. The number of hydrogen-bond donors (Lipinski definition) is 0. The second-order valence-corrected chi connectivity index (χ2v) is 9.09. The molecule has 0 amide bonds. The van der Waals surface area contributed by atoms with E-state index in [4.69, 9.17) is 4.63 Å². The topological polar surface area (TPSA) is 95.1 Å². The van der Waals surface area contributed by atoms with Crippen LogP contribution in [0, 0.1) is 0 Å². The molecule has 3 aliphatic rings. The van der Waals surface area contributed by atoms with E-state index in [1.165, 1.54) is 23.6 Å². The van der Waals surface area contributed by atoms with E-state index < -0.39 is 10.0 Å². The maximum atomic E-state index is 13.3. The van der Waals surface area contributed by atoms with Crippen molar-refractivity contribution < 1.29 is 13.0 Å². The van der Waals surface area contributed by atoms with Gasteiger partial charge in [0, 0.05) is 32.2 Å². The first-order chi connectivity index (χ1) is 13.1. The Morgan fingerprint density at radius 3 is 2.59 bits per heavy atom. The lowest BCUT2D eigenvalue weighted by molar-refractivity contribution is 0.0833. The molecule has 2 fully saturated rings. The molecule has 10 heteroatoms. The van der Waals surface area contributed by atoms with E-state index in [1.54, 1.807) is 18.2 Å². The third-order valence-electron chi connectivity index (χ3n) is 5.78. The molecule has 0 unspecified atom stereocenters. The second kappa shape index (κ2) is 6.45. The van der Waals surface area contributed by atoms with Gasteiger partial charge in [-0.05, 0) is 35.3 Å². The minimum absolute atomic E-state index is 0.115. The average molecular weight is 390 g/mol. The zero-order chi connectivity index (χ0) is 18.4. The van der Waals surface area contributed by atoms with Crippen LogP contribution in [0.2, 0.25) is 0 Å². The Morgan fingerprint density at radius 1 is 1.04 bits per heavy atom. The van der Waals surface area contributed by atoms with E-state index in [2.05, 4.69) is 25.1 Å². The highest BCUT2D eigenvalue weighted by Crippen LogP contribution is 2.28. The van der Waals surface area contributed by atoms with Gasteiger partial charge in [0.1, 0.15) is 10.4 Å². The van der Waals surface area contributed by atoms with Gasteiger partial charge >= 0.3 is 0 Å². The number of piperazine rings is 1. The molecule has 1 aliphatic carbocycles. The zero-order valence-corrected chi connectivity index (χ0v) is 15.8. The van der Waals surface area contributed by atoms with Crippen LogP contribution in [0.15, 0.2) is 32.7 Å². The fraction of sp³-hybridized carbons (Fsp3) is 0.588. The Balaban J connectivity index is 1.38. The molecule has 2 aromatic rings. The predicted octanol–water partition coefficient (Wildman–Crippen LogP) is 0.753. The molecule has 1 aromatic carbocycles. The second-order valence-electron chi connectivity index (χ2n) is 7.25. The minimum atomic E-state index is -3.77. The first-order valence-electron chi connectivity index (χ1n) is 9.42. The molecule has 1 saturated carbocycles. The summed E-state index contributed by atoms with van der Waals surface area (Å²) < 4.78 is 32.8. The number of sulfonamides is 1. The SMILES string of the molecule is O=S(=O)(c1cccc2nonc12)N1CCN=C1N1CCN(C2CCC2)CC1. The fourth-order valence-corrected chi connectivity index (χ4v) is 5.64. The molecule has 0 radical (unpaired) electrons. The number of fused-ring (bicyclic) bond motifs is 1. The van der Waals surface area contributed by atoms with Crippen molar-refractivity contribution in [1.82, 2.24) is 24.4 Å². The summed E-state index contributed by atoms with van der Waals surface area (Å²) in [6.45, 7) is 4.35. The summed E-state index contributed by atoms with van der Waals surface area (Å²) in [5.74, 6) is 0.553. The third-order valence-corrected chi connectivity index (χ3v) is 7.60. The summed E-state index contributed by atoms with van der Waals surface area (Å²) in [5.41, 5.74) is 0.696. The normalized spacial score (nSPS) is 22.3. The predicted molar refractivity (Wildman–Crippen MR) is 98.8 cm³/mol. The van der Waals surface area contributed by atoms with Crippen LogP contribution in [0.25, 0.3) is 11.0 Å². The molecular formula is C17H22N6O3S. The summed E-state index contributed by atoms with van der Waals surface area (Å²) in [6.07, 6.45) is 3.90. The van der Waals surface area contributed by atoms with Crippen LogP contribution in [-0.2, 0) is 10.0 Å². The third kappa shape index (κ3) is 2.78. The molecule has 2 aliphatic heterocycles. The van der Waals surface area contributed by atoms with Gasteiger partial charge in [0.05, 0.1) is 13.1 Å². The zero-order valence-electron chi connectivity index (χ0n) is 15.0. The molecule has 0 spiro atoms. The van der Waals surface area contributed by atoms with Crippen molar-refractivity contribution in [1.29, 1.82) is 0 Å². The van der Waals surface area contributed by atoms with Crippen molar-refractivity contribution in [2.75, 3.05) is 39.3 Å². The maximum absolute atomic E-state index is 13.3. The molecule has 3 heterocycles. The van der Waals surface area contributed by atoms with Gasteiger partial charge in [-0.25, -0.2) is 17.4 Å². The van der Waals surface area contributed by atoms with E-state index in [1.807, 2.05) is 0 Å². The molecule has 1 saturated heterocycles. The van der Waals surface area contributed by atoms with Crippen LogP contribution in [-0.4, -0.2) is 84.1 Å². The number of nitrogens with zero attached hydrogens (tertiary/aromatic N) is 6. The molecule has 0 bridgehead atoms. The van der Waals surface area contributed by atoms with E-state index in [0.717, 1.165) is 32.2 Å². The van der Waals surface area contributed by atoms with Crippen molar-refractivity contribution in [3.8, 4) is 0 Å². The van der Waals surface area contributed by atoms with E-state index in [0.29, 0.717) is 24.6 Å². The average Bonchev–Trinajstić information content (AvgIpc) is 3.30. The lowest BCUT2D eigenvalue weighted by atomic mass is 9.91. The van der Waals surface area contributed by atoms with Gasteiger partial charge in [-0.1, -0.05) is 12.5 Å². The number of hydrogen-bond acceptors (Lipinski definition) is 8. The Bertz CT molecular complexity index is 975. The number of guanidine groups is 1. The van der Waals surface area contributed by atoms with Gasteiger partial charge in [0.15, 0.2) is 5.52 Å². The van der Waals surface area contributed by atoms with Crippen molar-refractivity contribution in [3.05, 3.63) is 18.2 Å². The highest BCUT2D eigenvalue weighted by atomic mass is 32.2.